The molecular formula is C32H32O9. The van der Waals surface area contributed by atoms with Crippen molar-refractivity contribution in [2.24, 2.45) is 0 Å². The lowest BCUT2D eigenvalue weighted by atomic mass is 9.77. The molecular weight excluding hydrogens is 528 g/mol. The summed E-state index contributed by atoms with van der Waals surface area (Å²) < 4.78 is 34.0. The summed E-state index contributed by atoms with van der Waals surface area (Å²) >= 11 is 0. The van der Waals surface area contributed by atoms with Gasteiger partial charge in [0.25, 0.3) is 0 Å². The highest BCUT2D eigenvalue weighted by Gasteiger charge is 2.53. The van der Waals surface area contributed by atoms with Crippen LogP contribution < -0.4 is 14.2 Å². The fourth-order valence-electron chi connectivity index (χ4n) is 4.58. The Morgan fingerprint density at radius 1 is 0.878 bits per heavy atom. The van der Waals surface area contributed by atoms with Crippen LogP contribution in [0.4, 0.5) is 0 Å². The lowest BCUT2D eigenvalue weighted by Gasteiger charge is -2.37. The summed E-state index contributed by atoms with van der Waals surface area (Å²) in [5.41, 5.74) is 1.39. The minimum absolute atomic E-state index is 0.0838. The number of allylic oxidation sites excluding steroid dienone is 1. The van der Waals surface area contributed by atoms with E-state index in [2.05, 4.69) is 13.2 Å². The Labute approximate surface area is 238 Å². The second-order valence-electron chi connectivity index (χ2n) is 9.25. The predicted octanol–water partition coefficient (Wildman–Crippen LogP) is 5.48. The van der Waals surface area contributed by atoms with Crippen molar-refractivity contribution >= 4 is 17.9 Å². The minimum atomic E-state index is -1.28. The van der Waals surface area contributed by atoms with E-state index >= 15 is 0 Å². The van der Waals surface area contributed by atoms with Crippen LogP contribution in [0.15, 0.2) is 84.0 Å². The molecule has 0 radical (unpaired) electrons. The Hall–Kier alpha value is -4.79. The number of hydrogen-bond donors (Lipinski definition) is 0. The molecule has 4 rings (SSSR count). The molecule has 9 heteroatoms. The largest absolute Gasteiger partial charge is 0.489 e. The second-order valence-corrected chi connectivity index (χ2v) is 9.25. The smallest absolute Gasteiger partial charge is 0.336 e. The topological polar surface area (TPSA) is 107 Å². The monoisotopic (exact) mass is 560 g/mol. The second kappa shape index (κ2) is 12.2. The Bertz CT molecular complexity index is 1390. The molecule has 9 nitrogen and oxygen atoms in total. The van der Waals surface area contributed by atoms with E-state index in [1.807, 2.05) is 19.1 Å². The molecule has 0 aromatic heterocycles. The van der Waals surface area contributed by atoms with E-state index in [0.29, 0.717) is 45.3 Å². The highest BCUT2D eigenvalue weighted by atomic mass is 16.6. The van der Waals surface area contributed by atoms with Gasteiger partial charge in [-0.2, -0.15) is 0 Å². The van der Waals surface area contributed by atoms with Crippen LogP contribution in [0.5, 0.6) is 23.0 Å². The zero-order chi connectivity index (χ0) is 29.7. The van der Waals surface area contributed by atoms with Gasteiger partial charge in [-0.15, -0.1) is 0 Å². The highest BCUT2D eigenvalue weighted by Crippen LogP contribution is 2.57. The van der Waals surface area contributed by atoms with Crippen LogP contribution in [0, 0.1) is 0 Å². The Morgan fingerprint density at radius 2 is 1.37 bits per heavy atom. The van der Waals surface area contributed by atoms with Gasteiger partial charge in [-0.05, 0) is 52.0 Å². The van der Waals surface area contributed by atoms with Crippen molar-refractivity contribution in [1.82, 2.24) is 0 Å². The van der Waals surface area contributed by atoms with Gasteiger partial charge in [-0.25, -0.2) is 14.4 Å². The molecule has 0 fully saturated rings. The maximum Gasteiger partial charge on any atom is 0.336 e. The SMILES string of the molecule is C=C(COc1ccc2c(c1)Oc1cc(OCC(=C)C(=O)OCC)ccc1C21OC(=O)C(C)=C1/C=C\C)C(=O)OCC. The Morgan fingerprint density at radius 3 is 1.80 bits per heavy atom. The van der Waals surface area contributed by atoms with Gasteiger partial charge in [0.15, 0.2) is 5.60 Å². The van der Waals surface area contributed by atoms with Crippen molar-refractivity contribution in [3.8, 4) is 23.0 Å². The summed E-state index contributed by atoms with van der Waals surface area (Å²) in [5.74, 6) is 0.0502. The summed E-state index contributed by atoms with van der Waals surface area (Å²) in [6.07, 6.45) is 3.69. The molecule has 214 valence electrons. The van der Waals surface area contributed by atoms with Crippen LogP contribution in [0.1, 0.15) is 38.8 Å². The van der Waals surface area contributed by atoms with Gasteiger partial charge >= 0.3 is 17.9 Å². The summed E-state index contributed by atoms with van der Waals surface area (Å²) in [4.78, 5) is 36.8. The van der Waals surface area contributed by atoms with E-state index in [0.717, 1.165) is 0 Å². The number of benzene rings is 2. The van der Waals surface area contributed by atoms with E-state index < -0.39 is 23.5 Å². The molecule has 0 amide bonds. The summed E-state index contributed by atoms with van der Waals surface area (Å²) in [7, 11) is 0. The third kappa shape index (κ3) is 5.61. The van der Waals surface area contributed by atoms with E-state index in [-0.39, 0.29) is 37.6 Å². The minimum Gasteiger partial charge on any atom is -0.489 e. The molecule has 0 saturated carbocycles. The van der Waals surface area contributed by atoms with Crippen molar-refractivity contribution in [3.05, 3.63) is 95.1 Å². The Kier molecular flexibility index (Phi) is 8.66. The van der Waals surface area contributed by atoms with Crippen molar-refractivity contribution in [2.45, 2.75) is 33.3 Å². The highest BCUT2D eigenvalue weighted by molar-refractivity contribution is 5.95. The lowest BCUT2D eigenvalue weighted by Crippen LogP contribution is -2.33. The van der Waals surface area contributed by atoms with Gasteiger partial charge < -0.3 is 28.4 Å². The molecule has 2 aliphatic heterocycles. The number of carbonyl (C=O) groups excluding carboxylic acids is 3. The first-order chi connectivity index (χ1) is 19.7. The maximum absolute atomic E-state index is 13.0. The summed E-state index contributed by atoms with van der Waals surface area (Å²) in [5, 5.41) is 0. The number of fused-ring (bicyclic) bond motifs is 4. The molecule has 0 saturated heterocycles. The zero-order valence-corrected chi connectivity index (χ0v) is 23.5. The lowest BCUT2D eigenvalue weighted by molar-refractivity contribution is -0.145. The van der Waals surface area contributed by atoms with E-state index in [4.69, 9.17) is 28.4 Å². The molecule has 0 aliphatic carbocycles. The standard InChI is InChI=1S/C32H32O9/c1-7-10-24-21(6)31(35)41-32(24)25-13-11-22(38-17-19(4)29(33)36-8-2)15-27(25)40-28-16-23(12-14-26(28)32)39-18-20(5)30(34)37-9-3/h7,10-16H,4-5,8-9,17-18H2,1-3,6H3/b10-7-. The van der Waals surface area contributed by atoms with Crippen LogP contribution in [0.25, 0.3) is 0 Å². The third-order valence-corrected chi connectivity index (χ3v) is 6.51. The van der Waals surface area contributed by atoms with Crippen LogP contribution in [0.2, 0.25) is 0 Å². The average Bonchev–Trinajstić information content (AvgIpc) is 3.20. The Balaban J connectivity index is 1.72. The quantitative estimate of drug-likeness (QED) is 0.201. The normalized spacial score (nSPS) is 14.6. The van der Waals surface area contributed by atoms with Gasteiger partial charge in [0.2, 0.25) is 0 Å². The van der Waals surface area contributed by atoms with Crippen molar-refractivity contribution < 1.29 is 42.8 Å². The van der Waals surface area contributed by atoms with Crippen molar-refractivity contribution in [3.63, 3.8) is 0 Å². The first-order valence-electron chi connectivity index (χ1n) is 13.2. The zero-order valence-electron chi connectivity index (χ0n) is 23.5. The number of esters is 3. The molecule has 2 aliphatic rings. The molecule has 0 bridgehead atoms. The first kappa shape index (κ1) is 29.2. The van der Waals surface area contributed by atoms with Gasteiger partial charge in [0.1, 0.15) is 36.2 Å². The molecule has 0 atom stereocenters. The fourth-order valence-corrected chi connectivity index (χ4v) is 4.58. The van der Waals surface area contributed by atoms with Crippen molar-refractivity contribution in [2.75, 3.05) is 26.4 Å². The van der Waals surface area contributed by atoms with Gasteiger partial charge in [-0.1, -0.05) is 25.3 Å². The summed E-state index contributed by atoms with van der Waals surface area (Å²) in [6, 6.07) is 10.3. The number of ether oxygens (including phenoxy) is 6. The van der Waals surface area contributed by atoms with E-state index in [1.165, 1.54) is 0 Å². The third-order valence-electron chi connectivity index (χ3n) is 6.51. The van der Waals surface area contributed by atoms with Gasteiger partial charge in [0, 0.05) is 34.4 Å². The number of carbonyl (C=O) groups is 3. The van der Waals surface area contributed by atoms with Crippen LogP contribution >= 0.6 is 0 Å². The molecule has 2 aromatic carbocycles. The molecule has 2 heterocycles. The van der Waals surface area contributed by atoms with E-state index in [9.17, 15) is 14.4 Å². The fraction of sp³-hybridized carbons (Fsp3) is 0.281. The van der Waals surface area contributed by atoms with Gasteiger partial charge in [0.05, 0.1) is 24.4 Å². The number of hydrogen-bond acceptors (Lipinski definition) is 9. The predicted molar refractivity (Wildman–Crippen MR) is 150 cm³/mol. The van der Waals surface area contributed by atoms with E-state index in [1.54, 1.807) is 57.2 Å². The maximum atomic E-state index is 13.0. The van der Waals surface area contributed by atoms with Crippen LogP contribution in [-0.2, 0) is 34.2 Å². The van der Waals surface area contributed by atoms with Crippen molar-refractivity contribution in [1.29, 1.82) is 0 Å². The molecule has 0 unspecified atom stereocenters. The van der Waals surface area contributed by atoms with Crippen LogP contribution in [-0.4, -0.2) is 44.3 Å². The van der Waals surface area contributed by atoms with Crippen LogP contribution in [0.3, 0.4) is 0 Å². The molecule has 41 heavy (non-hydrogen) atoms. The first-order valence-corrected chi connectivity index (χ1v) is 13.2. The molecule has 2 aromatic rings. The average molecular weight is 561 g/mol. The summed E-state index contributed by atoms with van der Waals surface area (Å²) in [6.45, 7) is 14.7. The van der Waals surface area contributed by atoms with Gasteiger partial charge in [-0.3, -0.25) is 0 Å². The molecule has 0 N–H and O–H groups in total. The number of rotatable bonds is 11. The molecule has 1 spiro atoms.